The van der Waals surface area contributed by atoms with E-state index >= 15 is 0 Å². The van der Waals surface area contributed by atoms with Gasteiger partial charge in [-0.2, -0.15) is 0 Å². The van der Waals surface area contributed by atoms with Gasteiger partial charge in [-0.15, -0.1) is 0 Å². The average Bonchev–Trinajstić information content (AvgIpc) is 2.50. The highest BCUT2D eigenvalue weighted by atomic mass is 19.1. The molecule has 0 aromatic heterocycles. The van der Waals surface area contributed by atoms with Crippen molar-refractivity contribution in [3.8, 4) is 5.75 Å². The maximum atomic E-state index is 13.8. The number of rotatable bonds is 4. The normalized spacial score (nSPS) is 11.9. The summed E-state index contributed by atoms with van der Waals surface area (Å²) in [4.78, 5) is 12.1. The predicted octanol–water partition coefficient (Wildman–Crippen LogP) is 4.66. The van der Waals surface area contributed by atoms with Crippen molar-refractivity contribution in [1.29, 1.82) is 0 Å². The van der Waals surface area contributed by atoms with Gasteiger partial charge in [0, 0.05) is 5.57 Å². The fourth-order valence-corrected chi connectivity index (χ4v) is 2.41. The minimum absolute atomic E-state index is 0.0522. The molecule has 0 aliphatic heterocycles. The summed E-state index contributed by atoms with van der Waals surface area (Å²) in [5.41, 5.74) is 3.45. The maximum absolute atomic E-state index is 13.8. The van der Waals surface area contributed by atoms with Crippen LogP contribution in [0.2, 0.25) is 0 Å². The van der Waals surface area contributed by atoms with E-state index in [1.807, 2.05) is 25.1 Å². The number of hydrogen-bond donors (Lipinski definition) is 0. The molecule has 0 aliphatic rings. The fourth-order valence-electron chi connectivity index (χ4n) is 2.41. The summed E-state index contributed by atoms with van der Waals surface area (Å²) in [6.45, 7) is 5.08. The first-order chi connectivity index (χ1) is 10.4. The molecule has 0 radical (unpaired) electrons. The molecule has 0 heterocycles. The van der Waals surface area contributed by atoms with E-state index in [-0.39, 0.29) is 11.6 Å². The van der Waals surface area contributed by atoms with Crippen molar-refractivity contribution in [1.82, 2.24) is 0 Å². The number of Topliss-reactive ketones (excluding diaryl/α,β-unsaturated/α-hetero) is 1. The lowest BCUT2D eigenvalue weighted by atomic mass is 9.93. The SMILES string of the molecule is COc1ccc(C(C(C)=O)=C(C)c2ccc(C)c(F)c2)cc1. The molecule has 0 aliphatic carbocycles. The molecule has 2 aromatic carbocycles. The Morgan fingerprint density at radius 3 is 2.09 bits per heavy atom. The zero-order valence-electron chi connectivity index (χ0n) is 13.2. The van der Waals surface area contributed by atoms with Crippen LogP contribution in [0.25, 0.3) is 11.1 Å². The van der Waals surface area contributed by atoms with E-state index in [1.165, 1.54) is 13.0 Å². The highest BCUT2D eigenvalue weighted by Crippen LogP contribution is 2.29. The fraction of sp³-hybridized carbons (Fsp3) is 0.211. The van der Waals surface area contributed by atoms with Gasteiger partial charge in [0.1, 0.15) is 11.6 Å². The van der Waals surface area contributed by atoms with E-state index in [0.29, 0.717) is 16.7 Å². The zero-order chi connectivity index (χ0) is 16.3. The lowest BCUT2D eigenvalue weighted by Crippen LogP contribution is -2.00. The van der Waals surface area contributed by atoms with Crippen molar-refractivity contribution in [2.75, 3.05) is 7.11 Å². The molecule has 0 bridgehead atoms. The van der Waals surface area contributed by atoms with Crippen LogP contribution in [0, 0.1) is 12.7 Å². The summed E-state index contributed by atoms with van der Waals surface area (Å²) in [5, 5.41) is 0. The Labute approximate surface area is 130 Å². The Morgan fingerprint density at radius 2 is 1.59 bits per heavy atom. The largest absolute Gasteiger partial charge is 0.497 e. The third kappa shape index (κ3) is 3.25. The highest BCUT2D eigenvalue weighted by molar-refractivity contribution is 6.26. The molecule has 0 atom stereocenters. The van der Waals surface area contributed by atoms with Gasteiger partial charge >= 0.3 is 0 Å². The summed E-state index contributed by atoms with van der Waals surface area (Å²) < 4.78 is 18.9. The molecular formula is C19H19FO2. The number of halogens is 1. The molecule has 2 aromatic rings. The van der Waals surface area contributed by atoms with Crippen LogP contribution in [-0.4, -0.2) is 12.9 Å². The topological polar surface area (TPSA) is 26.3 Å². The van der Waals surface area contributed by atoms with Gasteiger partial charge in [0.2, 0.25) is 0 Å². The van der Waals surface area contributed by atoms with Crippen molar-refractivity contribution in [3.63, 3.8) is 0 Å². The van der Waals surface area contributed by atoms with Crippen molar-refractivity contribution in [3.05, 3.63) is 65.0 Å². The Kier molecular flexibility index (Phi) is 4.76. The second-order valence-corrected chi connectivity index (χ2v) is 5.25. The zero-order valence-corrected chi connectivity index (χ0v) is 13.2. The highest BCUT2D eigenvalue weighted by Gasteiger charge is 2.13. The van der Waals surface area contributed by atoms with Gasteiger partial charge in [0.15, 0.2) is 5.78 Å². The molecule has 0 N–H and O–H groups in total. The molecule has 3 heteroatoms. The number of benzene rings is 2. The number of hydrogen-bond acceptors (Lipinski definition) is 2. The number of ether oxygens (including phenoxy) is 1. The second kappa shape index (κ2) is 6.56. The van der Waals surface area contributed by atoms with Crippen molar-refractivity contribution >= 4 is 16.9 Å². The second-order valence-electron chi connectivity index (χ2n) is 5.25. The van der Waals surface area contributed by atoms with E-state index in [0.717, 1.165) is 16.9 Å². The van der Waals surface area contributed by atoms with E-state index in [1.54, 1.807) is 32.2 Å². The van der Waals surface area contributed by atoms with Crippen molar-refractivity contribution in [2.45, 2.75) is 20.8 Å². The molecule has 2 nitrogen and oxygen atoms in total. The number of ketones is 1. The quantitative estimate of drug-likeness (QED) is 0.606. The average molecular weight is 298 g/mol. The minimum Gasteiger partial charge on any atom is -0.497 e. The Hall–Kier alpha value is -2.42. The molecule has 114 valence electrons. The van der Waals surface area contributed by atoms with E-state index < -0.39 is 0 Å². The lowest BCUT2D eigenvalue weighted by molar-refractivity contribution is -0.111. The maximum Gasteiger partial charge on any atom is 0.160 e. The Morgan fingerprint density at radius 1 is 1.00 bits per heavy atom. The van der Waals surface area contributed by atoms with Crippen LogP contribution >= 0.6 is 0 Å². The summed E-state index contributed by atoms with van der Waals surface area (Å²) in [7, 11) is 1.59. The summed E-state index contributed by atoms with van der Waals surface area (Å²) in [6.07, 6.45) is 0. The van der Waals surface area contributed by atoms with Gasteiger partial charge < -0.3 is 4.74 Å². The Balaban J connectivity index is 2.56. The number of methoxy groups -OCH3 is 1. The van der Waals surface area contributed by atoms with Crippen LogP contribution in [-0.2, 0) is 4.79 Å². The third-order valence-corrected chi connectivity index (χ3v) is 3.71. The standard InChI is InChI=1S/C19H19FO2/c1-12-5-6-16(11-18(12)20)13(2)19(14(3)21)15-7-9-17(22-4)10-8-15/h5-11H,1-4H3. The van der Waals surface area contributed by atoms with Crippen LogP contribution in [0.3, 0.4) is 0 Å². The third-order valence-electron chi connectivity index (χ3n) is 3.71. The van der Waals surface area contributed by atoms with Crippen molar-refractivity contribution < 1.29 is 13.9 Å². The lowest BCUT2D eigenvalue weighted by Gasteiger charge is -2.12. The Bertz CT molecular complexity index is 728. The van der Waals surface area contributed by atoms with Crippen LogP contribution in [0.5, 0.6) is 5.75 Å². The molecule has 0 saturated heterocycles. The van der Waals surface area contributed by atoms with Gasteiger partial charge in [-0.05, 0) is 61.2 Å². The smallest absolute Gasteiger partial charge is 0.160 e. The predicted molar refractivity (Wildman–Crippen MR) is 87.3 cm³/mol. The van der Waals surface area contributed by atoms with Gasteiger partial charge in [0.25, 0.3) is 0 Å². The van der Waals surface area contributed by atoms with Crippen LogP contribution in [0.1, 0.15) is 30.5 Å². The van der Waals surface area contributed by atoms with Crippen LogP contribution in [0.4, 0.5) is 4.39 Å². The molecule has 0 unspecified atom stereocenters. The van der Waals surface area contributed by atoms with Gasteiger partial charge in [-0.1, -0.05) is 24.3 Å². The summed E-state index contributed by atoms with van der Waals surface area (Å²) in [6, 6.07) is 12.3. The number of allylic oxidation sites excluding steroid dienone is 2. The van der Waals surface area contributed by atoms with E-state index in [9.17, 15) is 9.18 Å². The first-order valence-corrected chi connectivity index (χ1v) is 7.06. The summed E-state index contributed by atoms with van der Waals surface area (Å²) >= 11 is 0. The van der Waals surface area contributed by atoms with Crippen LogP contribution in [0.15, 0.2) is 42.5 Å². The minimum atomic E-state index is -0.269. The first-order valence-electron chi connectivity index (χ1n) is 7.06. The van der Waals surface area contributed by atoms with E-state index in [4.69, 9.17) is 4.74 Å². The molecule has 0 amide bonds. The molecule has 22 heavy (non-hydrogen) atoms. The van der Waals surface area contributed by atoms with E-state index in [2.05, 4.69) is 0 Å². The number of carbonyl (C=O) groups is 1. The summed E-state index contributed by atoms with van der Waals surface area (Å²) in [5.74, 6) is 0.406. The molecule has 2 rings (SSSR count). The van der Waals surface area contributed by atoms with Crippen molar-refractivity contribution in [2.24, 2.45) is 0 Å². The van der Waals surface area contributed by atoms with Gasteiger partial charge in [-0.3, -0.25) is 4.79 Å². The van der Waals surface area contributed by atoms with Gasteiger partial charge in [-0.25, -0.2) is 4.39 Å². The van der Waals surface area contributed by atoms with Gasteiger partial charge in [0.05, 0.1) is 7.11 Å². The molecule has 0 spiro atoms. The monoisotopic (exact) mass is 298 g/mol. The molecule has 0 saturated carbocycles. The molecule has 0 fully saturated rings. The molecular weight excluding hydrogens is 279 g/mol. The van der Waals surface area contributed by atoms with Crippen LogP contribution < -0.4 is 4.74 Å². The number of carbonyl (C=O) groups excluding carboxylic acids is 1. The number of aryl methyl sites for hydroxylation is 1. The first kappa shape index (κ1) is 16.0.